The molecule has 25 heavy (non-hydrogen) atoms. The molecule has 0 bridgehead atoms. The van der Waals surface area contributed by atoms with Crippen molar-refractivity contribution in [2.24, 2.45) is 0 Å². The maximum absolute atomic E-state index is 12.4. The van der Waals surface area contributed by atoms with E-state index < -0.39 is 0 Å². The van der Waals surface area contributed by atoms with Crippen molar-refractivity contribution >= 4 is 11.6 Å². The van der Waals surface area contributed by atoms with Crippen LogP contribution in [0, 0.1) is 12.3 Å². The summed E-state index contributed by atoms with van der Waals surface area (Å²) in [6, 6.07) is 10.2. The molecule has 1 fully saturated rings. The summed E-state index contributed by atoms with van der Waals surface area (Å²) in [5.41, 5.74) is 4.17. The molecule has 3 heterocycles. The second-order valence-electron chi connectivity index (χ2n) is 5.88. The lowest BCUT2D eigenvalue weighted by molar-refractivity contribution is 0.0729. The summed E-state index contributed by atoms with van der Waals surface area (Å²) < 4.78 is 1.55. The van der Waals surface area contributed by atoms with Gasteiger partial charge in [0, 0.05) is 38.6 Å². The lowest BCUT2D eigenvalue weighted by atomic mass is 10.2. The van der Waals surface area contributed by atoms with Crippen molar-refractivity contribution in [3.63, 3.8) is 0 Å². The fourth-order valence-corrected chi connectivity index (χ4v) is 2.86. The first kappa shape index (κ1) is 15.4. The molecule has 2 aromatic heterocycles. The molecule has 0 saturated carbocycles. The number of benzene rings is 1. The van der Waals surface area contributed by atoms with Gasteiger partial charge in [-0.1, -0.05) is 24.1 Å². The van der Waals surface area contributed by atoms with Crippen molar-refractivity contribution in [1.29, 1.82) is 0 Å². The molecule has 1 amide bonds. The van der Waals surface area contributed by atoms with Gasteiger partial charge in [0.25, 0.3) is 5.91 Å². The molecule has 6 nitrogen and oxygen atoms in total. The quantitative estimate of drug-likeness (QED) is 0.536. The Balaban J connectivity index is 0.000000217. The maximum atomic E-state index is 12.4. The van der Waals surface area contributed by atoms with E-state index in [2.05, 4.69) is 45.6 Å². The van der Waals surface area contributed by atoms with Gasteiger partial charge >= 0.3 is 0 Å². The highest BCUT2D eigenvalue weighted by molar-refractivity contribution is 5.97. The van der Waals surface area contributed by atoms with Gasteiger partial charge in [-0.15, -0.1) is 6.42 Å². The lowest BCUT2D eigenvalue weighted by Gasteiger charge is -2.26. The van der Waals surface area contributed by atoms with Crippen molar-refractivity contribution in [3.05, 3.63) is 54.0 Å². The van der Waals surface area contributed by atoms with Crippen molar-refractivity contribution in [2.75, 3.05) is 26.2 Å². The monoisotopic (exact) mass is 331 g/mol. The SMILES string of the molecule is C#Cc1c(C(=O)N2CCNCC2)nn2cccnc12.c1cc2cc-2c1. The van der Waals surface area contributed by atoms with Crippen LogP contribution in [0.2, 0.25) is 0 Å². The molecule has 0 aromatic carbocycles. The Kier molecular flexibility index (Phi) is 3.92. The first-order valence-electron chi connectivity index (χ1n) is 8.18. The summed E-state index contributed by atoms with van der Waals surface area (Å²) in [6.45, 7) is 2.93. The molecule has 0 atom stereocenters. The molecule has 2 aliphatic carbocycles. The van der Waals surface area contributed by atoms with Crippen LogP contribution in [-0.2, 0) is 0 Å². The molecule has 2 aromatic rings. The fourth-order valence-electron chi connectivity index (χ4n) is 2.86. The summed E-state index contributed by atoms with van der Waals surface area (Å²) in [5, 5.41) is 7.46. The summed E-state index contributed by atoms with van der Waals surface area (Å²) in [6.07, 6.45) is 8.87. The van der Waals surface area contributed by atoms with Crippen LogP contribution in [-0.4, -0.2) is 51.6 Å². The topological polar surface area (TPSA) is 62.5 Å². The van der Waals surface area contributed by atoms with Crippen LogP contribution in [0.1, 0.15) is 16.1 Å². The summed E-state index contributed by atoms with van der Waals surface area (Å²) >= 11 is 0. The minimum absolute atomic E-state index is 0.125. The second kappa shape index (κ2) is 6.38. The number of hydrogen-bond acceptors (Lipinski definition) is 4. The molecular weight excluding hydrogens is 314 g/mol. The van der Waals surface area contributed by atoms with Gasteiger partial charge in [0.15, 0.2) is 11.3 Å². The van der Waals surface area contributed by atoms with Crippen molar-refractivity contribution < 1.29 is 4.79 Å². The molecule has 1 saturated heterocycles. The van der Waals surface area contributed by atoms with E-state index in [9.17, 15) is 4.79 Å². The van der Waals surface area contributed by atoms with Crippen LogP contribution < -0.4 is 5.32 Å². The number of piperazine rings is 1. The van der Waals surface area contributed by atoms with Crippen molar-refractivity contribution in [3.8, 4) is 23.5 Å². The molecule has 3 aliphatic rings. The molecule has 1 N–H and O–H groups in total. The Morgan fingerprint density at radius 2 is 1.96 bits per heavy atom. The van der Waals surface area contributed by atoms with E-state index in [1.807, 2.05) is 0 Å². The maximum Gasteiger partial charge on any atom is 0.275 e. The molecule has 0 spiro atoms. The number of terminal acetylenes is 1. The van der Waals surface area contributed by atoms with Gasteiger partial charge in [0.05, 0.1) is 0 Å². The minimum Gasteiger partial charge on any atom is -0.335 e. The van der Waals surface area contributed by atoms with Gasteiger partial charge in [0.1, 0.15) is 5.56 Å². The Morgan fingerprint density at radius 1 is 1.20 bits per heavy atom. The fraction of sp³-hybridized carbons (Fsp3) is 0.211. The largest absolute Gasteiger partial charge is 0.335 e. The van der Waals surface area contributed by atoms with Crippen LogP contribution in [0.25, 0.3) is 16.8 Å². The first-order chi connectivity index (χ1) is 12.3. The van der Waals surface area contributed by atoms with E-state index in [0.29, 0.717) is 30.0 Å². The van der Waals surface area contributed by atoms with E-state index in [0.717, 1.165) is 13.1 Å². The lowest BCUT2D eigenvalue weighted by Crippen LogP contribution is -2.46. The normalized spacial score (nSPS) is 14.4. The van der Waals surface area contributed by atoms with E-state index in [-0.39, 0.29) is 5.91 Å². The van der Waals surface area contributed by atoms with Gasteiger partial charge in [-0.3, -0.25) is 4.79 Å². The number of hydrogen-bond donors (Lipinski definition) is 1. The molecule has 1 aliphatic heterocycles. The zero-order valence-corrected chi connectivity index (χ0v) is 13.6. The highest BCUT2D eigenvalue weighted by atomic mass is 16.2. The molecule has 124 valence electrons. The smallest absolute Gasteiger partial charge is 0.275 e. The number of fused-ring (bicyclic) bond motifs is 2. The number of rotatable bonds is 1. The Labute approximate surface area is 145 Å². The number of nitrogens with one attached hydrogen (secondary N) is 1. The van der Waals surface area contributed by atoms with Crippen molar-refractivity contribution in [2.45, 2.75) is 0 Å². The number of carbonyl (C=O) groups excluding carboxylic acids is 1. The third kappa shape index (κ3) is 2.97. The molecule has 0 radical (unpaired) electrons. The molecule has 0 unspecified atom stereocenters. The summed E-state index contributed by atoms with van der Waals surface area (Å²) in [4.78, 5) is 18.4. The standard InChI is InChI=1S/C13H13N5O.C6H4/c1-2-10-11(13(19)17-8-5-14-6-9-17)16-18-7-3-4-15-12(10)18;1-2-5-4-6(5)3-1/h1,3-4,7,14H,5-6,8-9H2;1-4H. The van der Waals surface area contributed by atoms with Gasteiger partial charge in [-0.2, -0.15) is 5.10 Å². The van der Waals surface area contributed by atoms with Gasteiger partial charge in [-0.25, -0.2) is 9.50 Å². The minimum atomic E-state index is -0.125. The average Bonchev–Trinajstić information content (AvgIpc) is 3.10. The van der Waals surface area contributed by atoms with Gasteiger partial charge < -0.3 is 10.2 Å². The van der Waals surface area contributed by atoms with Gasteiger partial charge in [-0.05, 0) is 23.3 Å². The number of carbonyl (C=O) groups is 1. The Hall–Kier alpha value is -3.17. The van der Waals surface area contributed by atoms with Crippen LogP contribution in [0.5, 0.6) is 0 Å². The second-order valence-corrected chi connectivity index (χ2v) is 5.88. The average molecular weight is 331 g/mol. The predicted molar refractivity (Wildman–Crippen MR) is 95.1 cm³/mol. The third-order valence-corrected chi connectivity index (χ3v) is 4.26. The zero-order valence-electron chi connectivity index (χ0n) is 13.6. The van der Waals surface area contributed by atoms with Crippen molar-refractivity contribution in [1.82, 2.24) is 24.8 Å². The highest BCUT2D eigenvalue weighted by Gasteiger charge is 2.24. The number of aromatic nitrogens is 3. The van der Waals surface area contributed by atoms with Crippen LogP contribution in [0.3, 0.4) is 0 Å². The predicted octanol–water partition coefficient (Wildman–Crippen LogP) is 1.42. The zero-order chi connectivity index (χ0) is 17.2. The number of amides is 1. The van der Waals surface area contributed by atoms with Gasteiger partial charge in [0.2, 0.25) is 0 Å². The Bertz CT molecular complexity index is 962. The van der Waals surface area contributed by atoms with E-state index in [1.54, 1.807) is 27.9 Å². The molecule has 6 heteroatoms. The summed E-state index contributed by atoms with van der Waals surface area (Å²) in [5.74, 6) is 2.40. The first-order valence-corrected chi connectivity index (χ1v) is 8.18. The molecule has 5 rings (SSSR count). The molecular formula is C19H17N5O. The van der Waals surface area contributed by atoms with E-state index >= 15 is 0 Å². The number of nitrogens with zero attached hydrogens (tertiary/aromatic N) is 4. The van der Waals surface area contributed by atoms with E-state index in [1.165, 1.54) is 11.1 Å². The van der Waals surface area contributed by atoms with E-state index in [4.69, 9.17) is 6.42 Å². The highest BCUT2D eigenvalue weighted by Crippen LogP contribution is 2.32. The Morgan fingerprint density at radius 3 is 2.56 bits per heavy atom. The van der Waals surface area contributed by atoms with Crippen LogP contribution in [0.4, 0.5) is 0 Å². The van der Waals surface area contributed by atoms with Crippen LogP contribution >= 0.6 is 0 Å². The third-order valence-electron chi connectivity index (χ3n) is 4.26. The van der Waals surface area contributed by atoms with Crippen LogP contribution in [0.15, 0.2) is 42.7 Å². The summed E-state index contributed by atoms with van der Waals surface area (Å²) in [7, 11) is 0.